The van der Waals surface area contributed by atoms with E-state index in [1.807, 2.05) is 18.2 Å². The number of nitrogens with zero attached hydrogens (tertiary/aromatic N) is 3. The minimum Gasteiger partial charge on any atom is -0.375 e. The molecule has 0 aliphatic heterocycles. The largest absolute Gasteiger partial charge is 0.375 e. The van der Waals surface area contributed by atoms with Crippen LogP contribution in [0.4, 0.5) is 11.4 Å². The topological polar surface area (TPSA) is 81.0 Å². The van der Waals surface area contributed by atoms with Gasteiger partial charge in [-0.2, -0.15) is 0 Å². The smallest absolute Gasteiger partial charge is 0.319 e. The highest BCUT2D eigenvalue weighted by molar-refractivity contribution is 7.16. The second-order valence-corrected chi connectivity index (χ2v) is 5.01. The summed E-state index contributed by atoms with van der Waals surface area (Å²) in [6.07, 6.45) is 3.38. The Balaban J connectivity index is 1.94. The molecule has 0 spiro atoms. The zero-order chi connectivity index (χ0) is 13.9. The van der Waals surface area contributed by atoms with Gasteiger partial charge in [-0.15, -0.1) is 11.3 Å². The van der Waals surface area contributed by atoms with E-state index in [0.29, 0.717) is 17.7 Å². The Hall–Kier alpha value is -2.54. The highest BCUT2D eigenvalue weighted by Gasteiger charge is 2.20. The van der Waals surface area contributed by atoms with E-state index in [1.165, 1.54) is 11.3 Å². The molecule has 1 N–H and O–H groups in total. The van der Waals surface area contributed by atoms with Crippen molar-refractivity contribution in [2.75, 3.05) is 5.32 Å². The van der Waals surface area contributed by atoms with Crippen molar-refractivity contribution in [1.29, 1.82) is 0 Å². The Kier molecular flexibility index (Phi) is 3.26. The highest BCUT2D eigenvalue weighted by Crippen LogP contribution is 2.34. The van der Waals surface area contributed by atoms with Crippen LogP contribution in [0.3, 0.4) is 0 Å². The van der Waals surface area contributed by atoms with E-state index in [4.69, 9.17) is 0 Å². The van der Waals surface area contributed by atoms with Crippen LogP contribution >= 0.6 is 11.3 Å². The molecule has 3 aromatic rings. The third kappa shape index (κ3) is 2.30. The number of nitro groups is 1. The molecule has 3 rings (SSSR count). The third-order valence-corrected chi connectivity index (χ3v) is 3.68. The Labute approximate surface area is 118 Å². The van der Waals surface area contributed by atoms with Crippen molar-refractivity contribution in [2.45, 2.75) is 6.54 Å². The maximum Gasteiger partial charge on any atom is 0.319 e. The molecule has 20 heavy (non-hydrogen) atoms. The highest BCUT2D eigenvalue weighted by atomic mass is 32.1. The fourth-order valence-corrected chi connectivity index (χ4v) is 2.62. The summed E-state index contributed by atoms with van der Waals surface area (Å²) in [5.41, 5.74) is 3.56. The van der Waals surface area contributed by atoms with Crippen molar-refractivity contribution < 1.29 is 4.92 Å². The molecule has 0 atom stereocenters. The molecule has 2 heterocycles. The maximum absolute atomic E-state index is 11.3. The van der Waals surface area contributed by atoms with E-state index in [2.05, 4.69) is 15.3 Å². The van der Waals surface area contributed by atoms with E-state index in [9.17, 15) is 10.1 Å². The molecule has 2 aromatic heterocycles. The SMILES string of the molecule is O=[N+]([O-])c1c(NCc2ccncc2)ccc2scnc12. The normalized spacial score (nSPS) is 10.6. The van der Waals surface area contributed by atoms with Gasteiger partial charge in [0.05, 0.1) is 15.1 Å². The molecule has 0 unspecified atom stereocenters. The molecule has 0 amide bonds. The molecule has 0 aliphatic carbocycles. The van der Waals surface area contributed by atoms with Crippen molar-refractivity contribution in [3.63, 3.8) is 0 Å². The predicted molar refractivity (Wildman–Crippen MR) is 77.8 cm³/mol. The third-order valence-electron chi connectivity index (χ3n) is 2.89. The van der Waals surface area contributed by atoms with E-state index in [0.717, 1.165) is 10.3 Å². The Bertz CT molecular complexity index is 757. The van der Waals surface area contributed by atoms with Gasteiger partial charge >= 0.3 is 5.69 Å². The molecular weight excluding hydrogens is 276 g/mol. The minimum atomic E-state index is -0.392. The molecular formula is C13H10N4O2S. The summed E-state index contributed by atoms with van der Waals surface area (Å²) in [5, 5.41) is 14.4. The molecule has 0 fully saturated rings. The summed E-state index contributed by atoms with van der Waals surface area (Å²) in [7, 11) is 0. The fraction of sp³-hybridized carbons (Fsp3) is 0.0769. The molecule has 7 heteroatoms. The molecule has 0 radical (unpaired) electrons. The number of anilines is 1. The number of hydrogen-bond donors (Lipinski definition) is 1. The van der Waals surface area contributed by atoms with Gasteiger partial charge in [0.2, 0.25) is 0 Å². The van der Waals surface area contributed by atoms with Crippen LogP contribution in [0, 0.1) is 10.1 Å². The van der Waals surface area contributed by atoms with Crippen molar-refractivity contribution in [2.24, 2.45) is 0 Å². The van der Waals surface area contributed by atoms with Crippen LogP contribution < -0.4 is 5.32 Å². The monoisotopic (exact) mass is 286 g/mol. The number of hydrogen-bond acceptors (Lipinski definition) is 6. The van der Waals surface area contributed by atoms with Crippen LogP contribution in [0.1, 0.15) is 5.56 Å². The zero-order valence-corrected chi connectivity index (χ0v) is 11.1. The molecule has 1 aromatic carbocycles. The second kappa shape index (κ2) is 5.22. The number of pyridine rings is 1. The van der Waals surface area contributed by atoms with E-state index >= 15 is 0 Å². The van der Waals surface area contributed by atoms with E-state index < -0.39 is 4.92 Å². The van der Waals surface area contributed by atoms with Gasteiger partial charge in [-0.25, -0.2) is 4.98 Å². The standard InChI is InChI=1S/C13H10N4O2S/c18-17(19)13-10(1-2-11-12(13)16-8-20-11)15-7-9-3-5-14-6-4-9/h1-6,8,15H,7H2. The second-order valence-electron chi connectivity index (χ2n) is 4.13. The first-order chi connectivity index (χ1) is 9.75. The minimum absolute atomic E-state index is 0.0257. The van der Waals surface area contributed by atoms with Crippen LogP contribution in [0.2, 0.25) is 0 Å². The first kappa shape index (κ1) is 12.5. The summed E-state index contributed by atoms with van der Waals surface area (Å²) in [4.78, 5) is 18.9. The molecule has 6 nitrogen and oxygen atoms in total. The molecule has 0 saturated heterocycles. The maximum atomic E-state index is 11.3. The van der Waals surface area contributed by atoms with Crippen molar-refractivity contribution in [3.05, 3.63) is 57.8 Å². The molecule has 100 valence electrons. The van der Waals surface area contributed by atoms with Gasteiger partial charge in [0.1, 0.15) is 5.69 Å². The predicted octanol–water partition coefficient (Wildman–Crippen LogP) is 3.21. The Morgan fingerprint density at radius 1 is 1.25 bits per heavy atom. The first-order valence-electron chi connectivity index (χ1n) is 5.89. The lowest BCUT2D eigenvalue weighted by Gasteiger charge is -2.07. The lowest BCUT2D eigenvalue weighted by Crippen LogP contribution is -2.03. The number of aromatic nitrogens is 2. The quantitative estimate of drug-likeness (QED) is 0.588. The Morgan fingerprint density at radius 3 is 2.80 bits per heavy atom. The lowest BCUT2D eigenvalue weighted by atomic mass is 10.2. The van der Waals surface area contributed by atoms with Crippen LogP contribution in [-0.2, 0) is 6.54 Å². The van der Waals surface area contributed by atoms with Crippen LogP contribution in [0.15, 0.2) is 42.2 Å². The van der Waals surface area contributed by atoms with Gasteiger partial charge in [-0.1, -0.05) is 0 Å². The number of fused-ring (bicyclic) bond motifs is 1. The van der Waals surface area contributed by atoms with Crippen LogP contribution in [0.5, 0.6) is 0 Å². The molecule has 0 saturated carbocycles. The zero-order valence-electron chi connectivity index (χ0n) is 10.3. The van der Waals surface area contributed by atoms with Crippen molar-refractivity contribution in [1.82, 2.24) is 9.97 Å². The van der Waals surface area contributed by atoms with Gasteiger partial charge < -0.3 is 5.32 Å². The summed E-state index contributed by atoms with van der Waals surface area (Å²) < 4.78 is 0.811. The number of rotatable bonds is 4. The fourth-order valence-electron chi connectivity index (χ4n) is 1.94. The van der Waals surface area contributed by atoms with Gasteiger partial charge in [-0.05, 0) is 29.8 Å². The van der Waals surface area contributed by atoms with Gasteiger partial charge in [0.15, 0.2) is 5.52 Å². The number of nitrogens with one attached hydrogen (secondary N) is 1. The Morgan fingerprint density at radius 2 is 2.05 bits per heavy atom. The average Bonchev–Trinajstić information content (AvgIpc) is 2.93. The van der Waals surface area contributed by atoms with E-state index in [-0.39, 0.29) is 5.69 Å². The first-order valence-corrected chi connectivity index (χ1v) is 6.77. The van der Waals surface area contributed by atoms with Gasteiger partial charge in [0, 0.05) is 18.9 Å². The summed E-state index contributed by atoms with van der Waals surface area (Å²) in [6.45, 7) is 0.499. The summed E-state index contributed by atoms with van der Waals surface area (Å²) in [5.74, 6) is 0. The van der Waals surface area contributed by atoms with E-state index in [1.54, 1.807) is 24.0 Å². The number of nitro benzene ring substituents is 1. The summed E-state index contributed by atoms with van der Waals surface area (Å²) in [6, 6.07) is 7.29. The van der Waals surface area contributed by atoms with Crippen LogP contribution in [-0.4, -0.2) is 14.9 Å². The van der Waals surface area contributed by atoms with Crippen molar-refractivity contribution in [3.8, 4) is 0 Å². The molecule has 0 aliphatic rings. The molecule has 0 bridgehead atoms. The number of benzene rings is 1. The lowest BCUT2D eigenvalue weighted by molar-refractivity contribution is -0.382. The van der Waals surface area contributed by atoms with Gasteiger partial charge in [-0.3, -0.25) is 15.1 Å². The average molecular weight is 286 g/mol. The van der Waals surface area contributed by atoms with Crippen molar-refractivity contribution >= 4 is 32.9 Å². The summed E-state index contributed by atoms with van der Waals surface area (Å²) >= 11 is 1.39. The van der Waals surface area contributed by atoms with Crippen LogP contribution in [0.25, 0.3) is 10.2 Å². The number of thiazole rings is 1. The van der Waals surface area contributed by atoms with Gasteiger partial charge in [0.25, 0.3) is 0 Å².